The van der Waals surface area contributed by atoms with E-state index in [1.54, 1.807) is 23.3 Å². The number of hydrogen-bond donors (Lipinski definition) is 2. The van der Waals surface area contributed by atoms with Gasteiger partial charge in [-0.2, -0.15) is 5.10 Å². The summed E-state index contributed by atoms with van der Waals surface area (Å²) in [7, 11) is 1.82. The molecule has 4 aromatic rings. The first-order valence-electron chi connectivity index (χ1n) is 10.1. The molecule has 0 bridgehead atoms. The normalized spacial score (nSPS) is 15.3. The van der Waals surface area contributed by atoms with Gasteiger partial charge in [0.05, 0.1) is 5.69 Å². The van der Waals surface area contributed by atoms with E-state index >= 15 is 0 Å². The van der Waals surface area contributed by atoms with Crippen LogP contribution in [0.4, 0.5) is 11.8 Å². The molecule has 2 N–H and O–H groups in total. The summed E-state index contributed by atoms with van der Waals surface area (Å²) in [5.74, 6) is 0.981. The molecule has 1 aliphatic heterocycles. The maximum atomic E-state index is 12.4. The first-order chi connectivity index (χ1) is 15.2. The van der Waals surface area contributed by atoms with Crippen molar-refractivity contribution in [3.05, 3.63) is 83.8 Å². The van der Waals surface area contributed by atoms with E-state index in [-0.39, 0.29) is 11.8 Å². The van der Waals surface area contributed by atoms with Gasteiger partial charge in [-0.15, -0.1) is 0 Å². The number of aromatic nitrogens is 5. The van der Waals surface area contributed by atoms with Crippen LogP contribution in [0.3, 0.4) is 0 Å². The van der Waals surface area contributed by atoms with Gasteiger partial charge in [-0.05, 0) is 23.3 Å². The summed E-state index contributed by atoms with van der Waals surface area (Å²) in [6, 6.07) is 15.8. The molecule has 8 nitrogen and oxygen atoms in total. The van der Waals surface area contributed by atoms with Crippen molar-refractivity contribution in [1.29, 1.82) is 0 Å². The molecule has 154 valence electrons. The fraction of sp³-hybridized carbons (Fsp3) is 0.174. The van der Waals surface area contributed by atoms with Gasteiger partial charge in [0.1, 0.15) is 11.5 Å². The Morgan fingerprint density at radius 2 is 1.84 bits per heavy atom. The number of aryl methyl sites for hydroxylation is 1. The monoisotopic (exact) mass is 411 g/mol. The lowest BCUT2D eigenvalue weighted by Gasteiger charge is -2.23. The largest absolute Gasteiger partial charge is 0.350 e. The highest BCUT2D eigenvalue weighted by Gasteiger charge is 2.34. The molecule has 5 rings (SSSR count). The summed E-state index contributed by atoms with van der Waals surface area (Å²) >= 11 is 0. The number of fused-ring (bicyclic) bond motifs is 1. The standard InChI is InChI=1S/C23H21N7O/c1-30-22-20(21(29-30)18-9-5-6-10-24-18)17(11-19(31)28-22)16-13-26-23(27-14-16)25-12-15-7-3-2-4-8-15/h2-10,13-14,17H,11-12H2,1H3,(H,28,31)(H,25,26,27). The SMILES string of the molecule is Cn1nc(-c2ccccn2)c2c1NC(=O)CC2c1cnc(NCc2ccccc2)nc1. The molecule has 4 heterocycles. The summed E-state index contributed by atoms with van der Waals surface area (Å²) in [4.78, 5) is 25.8. The Balaban J connectivity index is 1.45. The topological polar surface area (TPSA) is 97.6 Å². The van der Waals surface area contributed by atoms with E-state index in [1.807, 2.05) is 55.6 Å². The van der Waals surface area contributed by atoms with Crippen LogP contribution in [0.5, 0.6) is 0 Å². The molecule has 1 unspecified atom stereocenters. The maximum Gasteiger partial charge on any atom is 0.226 e. The predicted octanol–water partition coefficient (Wildman–Crippen LogP) is 3.36. The van der Waals surface area contributed by atoms with Crippen LogP contribution in [-0.4, -0.2) is 30.6 Å². The van der Waals surface area contributed by atoms with Gasteiger partial charge in [-0.3, -0.25) is 14.5 Å². The van der Waals surface area contributed by atoms with Crippen molar-refractivity contribution in [3.63, 3.8) is 0 Å². The van der Waals surface area contributed by atoms with Gasteiger partial charge in [0.2, 0.25) is 11.9 Å². The molecule has 3 aromatic heterocycles. The fourth-order valence-electron chi connectivity index (χ4n) is 3.85. The number of carbonyl (C=O) groups is 1. The highest BCUT2D eigenvalue weighted by atomic mass is 16.1. The molecule has 0 spiro atoms. The fourth-order valence-corrected chi connectivity index (χ4v) is 3.85. The summed E-state index contributed by atoms with van der Waals surface area (Å²) in [6.07, 6.45) is 5.60. The second-order valence-electron chi connectivity index (χ2n) is 7.43. The van der Waals surface area contributed by atoms with E-state index in [9.17, 15) is 4.79 Å². The third-order valence-electron chi connectivity index (χ3n) is 5.35. The number of hydrogen-bond acceptors (Lipinski definition) is 6. The minimum atomic E-state index is -0.197. The van der Waals surface area contributed by atoms with Gasteiger partial charge >= 0.3 is 0 Å². The van der Waals surface area contributed by atoms with Crippen molar-refractivity contribution in [2.24, 2.45) is 7.05 Å². The number of nitrogens with one attached hydrogen (secondary N) is 2. The van der Waals surface area contributed by atoms with Crippen LogP contribution in [0, 0.1) is 0 Å². The molecule has 1 aromatic carbocycles. The Morgan fingerprint density at radius 3 is 2.58 bits per heavy atom. The summed E-state index contributed by atoms with van der Waals surface area (Å²) in [5.41, 5.74) is 4.48. The Bertz CT molecular complexity index is 1200. The molecule has 31 heavy (non-hydrogen) atoms. The first-order valence-corrected chi connectivity index (χ1v) is 10.1. The number of rotatable bonds is 5. The summed E-state index contributed by atoms with van der Waals surface area (Å²) in [5, 5.41) is 10.8. The molecule has 1 atom stereocenters. The lowest BCUT2D eigenvalue weighted by atomic mass is 9.86. The zero-order valence-corrected chi connectivity index (χ0v) is 17.0. The molecule has 1 aliphatic rings. The van der Waals surface area contributed by atoms with Gasteiger partial charge in [-0.25, -0.2) is 9.97 Å². The molecule has 0 radical (unpaired) electrons. The minimum absolute atomic E-state index is 0.0562. The van der Waals surface area contributed by atoms with E-state index < -0.39 is 0 Å². The first kappa shape index (κ1) is 18.9. The van der Waals surface area contributed by atoms with Crippen LogP contribution in [0.15, 0.2) is 67.1 Å². The Hall–Kier alpha value is -4.07. The lowest BCUT2D eigenvalue weighted by molar-refractivity contribution is -0.116. The minimum Gasteiger partial charge on any atom is -0.350 e. The average Bonchev–Trinajstić information content (AvgIpc) is 3.15. The van der Waals surface area contributed by atoms with E-state index in [1.165, 1.54) is 0 Å². The second kappa shape index (κ2) is 7.98. The Kier molecular flexibility index (Phi) is 4.87. The predicted molar refractivity (Wildman–Crippen MR) is 117 cm³/mol. The molecular formula is C23H21N7O. The van der Waals surface area contributed by atoms with Crippen molar-refractivity contribution < 1.29 is 4.79 Å². The lowest BCUT2D eigenvalue weighted by Crippen LogP contribution is -2.24. The smallest absolute Gasteiger partial charge is 0.226 e. The third kappa shape index (κ3) is 3.75. The summed E-state index contributed by atoms with van der Waals surface area (Å²) in [6.45, 7) is 0.641. The van der Waals surface area contributed by atoms with Crippen LogP contribution in [-0.2, 0) is 18.4 Å². The molecule has 1 amide bonds. The van der Waals surface area contributed by atoms with Crippen molar-refractivity contribution in [3.8, 4) is 11.4 Å². The van der Waals surface area contributed by atoms with Crippen molar-refractivity contribution in [1.82, 2.24) is 24.7 Å². The summed E-state index contributed by atoms with van der Waals surface area (Å²) < 4.78 is 1.69. The van der Waals surface area contributed by atoms with E-state index in [0.717, 1.165) is 28.1 Å². The molecule has 8 heteroatoms. The number of nitrogens with zero attached hydrogens (tertiary/aromatic N) is 5. The maximum absolute atomic E-state index is 12.4. The van der Waals surface area contributed by atoms with Crippen LogP contribution in [0.2, 0.25) is 0 Å². The van der Waals surface area contributed by atoms with Crippen LogP contribution < -0.4 is 10.6 Å². The van der Waals surface area contributed by atoms with E-state index in [0.29, 0.717) is 24.7 Å². The van der Waals surface area contributed by atoms with Crippen molar-refractivity contribution >= 4 is 17.7 Å². The van der Waals surface area contributed by atoms with Crippen LogP contribution in [0.25, 0.3) is 11.4 Å². The molecule has 0 saturated heterocycles. The number of carbonyl (C=O) groups excluding carboxylic acids is 1. The number of pyridine rings is 1. The number of anilines is 2. The Morgan fingerprint density at radius 1 is 1.06 bits per heavy atom. The van der Waals surface area contributed by atoms with Gasteiger partial charge in [0.25, 0.3) is 0 Å². The van der Waals surface area contributed by atoms with E-state index in [4.69, 9.17) is 0 Å². The highest BCUT2D eigenvalue weighted by Crippen LogP contribution is 2.41. The number of amides is 1. The van der Waals surface area contributed by atoms with Gasteiger partial charge in [-0.1, -0.05) is 36.4 Å². The highest BCUT2D eigenvalue weighted by molar-refractivity contribution is 5.96. The van der Waals surface area contributed by atoms with Gasteiger partial charge in [0, 0.05) is 50.1 Å². The van der Waals surface area contributed by atoms with Crippen molar-refractivity contribution in [2.45, 2.75) is 18.9 Å². The molecular weight excluding hydrogens is 390 g/mol. The van der Waals surface area contributed by atoms with Gasteiger partial charge < -0.3 is 10.6 Å². The van der Waals surface area contributed by atoms with Crippen molar-refractivity contribution in [2.75, 3.05) is 10.6 Å². The molecule has 0 fully saturated rings. The zero-order valence-electron chi connectivity index (χ0n) is 17.0. The second-order valence-corrected chi connectivity index (χ2v) is 7.43. The molecule has 0 saturated carbocycles. The van der Waals surface area contributed by atoms with E-state index in [2.05, 4.69) is 30.7 Å². The Labute approximate surface area is 179 Å². The molecule has 0 aliphatic carbocycles. The number of benzene rings is 1. The average molecular weight is 411 g/mol. The quantitative estimate of drug-likeness (QED) is 0.523. The third-order valence-corrected chi connectivity index (χ3v) is 5.35. The van der Waals surface area contributed by atoms with Gasteiger partial charge in [0.15, 0.2) is 0 Å². The zero-order chi connectivity index (χ0) is 21.2. The van der Waals surface area contributed by atoms with Crippen LogP contribution in [0.1, 0.15) is 29.0 Å². The van der Waals surface area contributed by atoms with Crippen LogP contribution >= 0.6 is 0 Å².